The molecule has 2 aromatic heterocycles. The van der Waals surface area contributed by atoms with E-state index < -0.39 is 0 Å². The number of carbonyl (C=O) groups excluding carboxylic acids is 1. The van der Waals surface area contributed by atoms with E-state index in [0.29, 0.717) is 23.1 Å². The Labute approximate surface area is 144 Å². The number of hydrogen-bond donors (Lipinski definition) is 1. The fourth-order valence-electron chi connectivity index (χ4n) is 2.25. The number of nitrogens with zero attached hydrogens (tertiary/aromatic N) is 2. The molecule has 0 radical (unpaired) electrons. The number of pyridine rings is 1. The minimum Gasteiger partial charge on any atom is -0.439 e. The lowest BCUT2D eigenvalue weighted by atomic mass is 10.2. The third-order valence-electron chi connectivity index (χ3n) is 3.32. The molecule has 3 rings (SSSR count). The number of ether oxygens (including phenoxy) is 1. The van der Waals surface area contributed by atoms with Crippen molar-refractivity contribution in [1.29, 1.82) is 0 Å². The lowest BCUT2D eigenvalue weighted by molar-refractivity contribution is 0.0954. The van der Waals surface area contributed by atoms with Crippen molar-refractivity contribution in [2.24, 2.45) is 0 Å². The van der Waals surface area contributed by atoms with E-state index in [1.54, 1.807) is 12.3 Å². The van der Waals surface area contributed by atoms with Gasteiger partial charge in [0.2, 0.25) is 5.88 Å². The molecule has 5 nitrogen and oxygen atoms in total. The van der Waals surface area contributed by atoms with Gasteiger partial charge in [0, 0.05) is 18.8 Å². The zero-order valence-corrected chi connectivity index (χ0v) is 14.3. The predicted octanol–water partition coefficient (Wildman–Crippen LogP) is 3.88. The third-order valence-corrected chi connectivity index (χ3v) is 4.39. The highest BCUT2D eigenvalue weighted by Crippen LogP contribution is 2.20. The first kappa shape index (κ1) is 16.1. The standard InChI is InChI=1S/C18H17N3O2S/c1-12-17(24-13(2)21-12)18(22)20-11-14-6-5-7-15(10-14)23-16-8-3-4-9-19-16/h3-10H,11H2,1-2H3,(H,20,22). The van der Waals surface area contributed by atoms with Crippen LogP contribution in [0.15, 0.2) is 48.7 Å². The summed E-state index contributed by atoms with van der Waals surface area (Å²) in [6, 6.07) is 13.1. The van der Waals surface area contributed by atoms with Crippen molar-refractivity contribution in [2.75, 3.05) is 0 Å². The van der Waals surface area contributed by atoms with Crippen LogP contribution in [-0.4, -0.2) is 15.9 Å². The zero-order chi connectivity index (χ0) is 16.9. The number of benzene rings is 1. The summed E-state index contributed by atoms with van der Waals surface area (Å²) in [5.74, 6) is 1.12. The average molecular weight is 339 g/mol. The molecule has 0 aliphatic carbocycles. The maximum atomic E-state index is 12.2. The Balaban J connectivity index is 1.64. The molecule has 122 valence electrons. The second kappa shape index (κ2) is 7.23. The number of hydrogen-bond acceptors (Lipinski definition) is 5. The van der Waals surface area contributed by atoms with E-state index >= 15 is 0 Å². The Bertz CT molecular complexity index is 846. The largest absolute Gasteiger partial charge is 0.439 e. The van der Waals surface area contributed by atoms with E-state index in [4.69, 9.17) is 4.74 Å². The summed E-state index contributed by atoms with van der Waals surface area (Å²) in [5, 5.41) is 3.81. The molecule has 1 N–H and O–H groups in total. The highest BCUT2D eigenvalue weighted by atomic mass is 32.1. The van der Waals surface area contributed by atoms with Gasteiger partial charge in [0.05, 0.1) is 10.7 Å². The summed E-state index contributed by atoms with van der Waals surface area (Å²) in [7, 11) is 0. The fourth-order valence-corrected chi connectivity index (χ4v) is 3.09. The van der Waals surface area contributed by atoms with Gasteiger partial charge in [0.1, 0.15) is 10.6 Å². The quantitative estimate of drug-likeness (QED) is 0.766. The lowest BCUT2D eigenvalue weighted by Crippen LogP contribution is -2.22. The van der Waals surface area contributed by atoms with Crippen LogP contribution in [0.1, 0.15) is 25.9 Å². The van der Waals surface area contributed by atoms with Crippen LogP contribution in [0.25, 0.3) is 0 Å². The monoisotopic (exact) mass is 339 g/mol. The number of aromatic nitrogens is 2. The lowest BCUT2D eigenvalue weighted by Gasteiger charge is -2.08. The van der Waals surface area contributed by atoms with E-state index in [1.807, 2.05) is 50.2 Å². The van der Waals surface area contributed by atoms with Gasteiger partial charge in [-0.15, -0.1) is 11.3 Å². The van der Waals surface area contributed by atoms with Gasteiger partial charge in [-0.2, -0.15) is 0 Å². The summed E-state index contributed by atoms with van der Waals surface area (Å²) in [6.07, 6.45) is 1.68. The van der Waals surface area contributed by atoms with Crippen LogP contribution in [-0.2, 0) is 6.54 Å². The molecule has 0 unspecified atom stereocenters. The maximum absolute atomic E-state index is 12.2. The van der Waals surface area contributed by atoms with Crippen molar-refractivity contribution >= 4 is 17.2 Å². The van der Waals surface area contributed by atoms with Crippen LogP contribution in [0.2, 0.25) is 0 Å². The molecular formula is C18H17N3O2S. The van der Waals surface area contributed by atoms with Crippen molar-refractivity contribution in [3.63, 3.8) is 0 Å². The van der Waals surface area contributed by atoms with Crippen molar-refractivity contribution in [2.45, 2.75) is 20.4 Å². The van der Waals surface area contributed by atoms with Gasteiger partial charge < -0.3 is 10.1 Å². The van der Waals surface area contributed by atoms with Gasteiger partial charge in [0.25, 0.3) is 5.91 Å². The number of thiazole rings is 1. The van der Waals surface area contributed by atoms with E-state index in [0.717, 1.165) is 16.3 Å². The highest BCUT2D eigenvalue weighted by molar-refractivity contribution is 7.13. The zero-order valence-electron chi connectivity index (χ0n) is 13.4. The van der Waals surface area contributed by atoms with Gasteiger partial charge in [-0.25, -0.2) is 9.97 Å². The van der Waals surface area contributed by atoms with Gasteiger partial charge in [0.15, 0.2) is 0 Å². The van der Waals surface area contributed by atoms with Gasteiger partial charge >= 0.3 is 0 Å². The Hall–Kier alpha value is -2.73. The van der Waals surface area contributed by atoms with Gasteiger partial charge in [-0.1, -0.05) is 18.2 Å². The molecule has 1 aromatic carbocycles. The Morgan fingerprint density at radius 3 is 2.79 bits per heavy atom. The Morgan fingerprint density at radius 1 is 1.21 bits per heavy atom. The Morgan fingerprint density at radius 2 is 2.08 bits per heavy atom. The topological polar surface area (TPSA) is 64.1 Å². The molecule has 0 aliphatic rings. The average Bonchev–Trinajstić information content (AvgIpc) is 2.92. The molecule has 0 atom stereocenters. The third kappa shape index (κ3) is 3.97. The summed E-state index contributed by atoms with van der Waals surface area (Å²) in [6.45, 7) is 4.17. The van der Waals surface area contributed by atoms with E-state index in [1.165, 1.54) is 11.3 Å². The first-order chi connectivity index (χ1) is 11.6. The molecule has 1 amide bonds. The normalized spacial score (nSPS) is 10.4. The molecule has 2 heterocycles. The molecule has 0 saturated heterocycles. The van der Waals surface area contributed by atoms with Crippen LogP contribution in [0.5, 0.6) is 11.6 Å². The van der Waals surface area contributed by atoms with E-state index in [9.17, 15) is 4.79 Å². The first-order valence-corrected chi connectivity index (χ1v) is 8.33. The maximum Gasteiger partial charge on any atom is 0.263 e. The number of nitrogens with one attached hydrogen (secondary N) is 1. The molecule has 0 bridgehead atoms. The number of carbonyl (C=O) groups is 1. The molecular weight excluding hydrogens is 322 g/mol. The molecule has 0 saturated carbocycles. The molecule has 0 spiro atoms. The van der Waals surface area contributed by atoms with Crippen LogP contribution >= 0.6 is 11.3 Å². The van der Waals surface area contributed by atoms with Gasteiger partial charge in [-0.05, 0) is 37.6 Å². The predicted molar refractivity (Wildman–Crippen MR) is 93.5 cm³/mol. The second-order valence-electron chi connectivity index (χ2n) is 5.25. The van der Waals surface area contributed by atoms with Crippen LogP contribution in [0.4, 0.5) is 0 Å². The number of rotatable bonds is 5. The summed E-state index contributed by atoms with van der Waals surface area (Å²) in [4.78, 5) is 21.3. The minimum atomic E-state index is -0.103. The molecule has 0 aliphatic heterocycles. The minimum absolute atomic E-state index is 0.103. The van der Waals surface area contributed by atoms with Crippen LogP contribution in [0.3, 0.4) is 0 Å². The molecule has 3 aromatic rings. The first-order valence-electron chi connectivity index (χ1n) is 7.52. The SMILES string of the molecule is Cc1nc(C)c(C(=O)NCc2cccc(Oc3ccccn3)c2)s1. The summed E-state index contributed by atoms with van der Waals surface area (Å²) in [5.41, 5.74) is 1.72. The van der Waals surface area contributed by atoms with Crippen molar-refractivity contribution in [3.8, 4) is 11.6 Å². The van der Waals surface area contributed by atoms with Gasteiger partial charge in [-0.3, -0.25) is 4.79 Å². The second-order valence-corrected chi connectivity index (χ2v) is 6.45. The number of aryl methyl sites for hydroxylation is 2. The summed E-state index contributed by atoms with van der Waals surface area (Å²) >= 11 is 1.41. The molecule has 0 fully saturated rings. The van der Waals surface area contributed by atoms with Crippen molar-refractivity contribution in [3.05, 3.63) is 69.8 Å². The molecule has 24 heavy (non-hydrogen) atoms. The van der Waals surface area contributed by atoms with Crippen molar-refractivity contribution in [1.82, 2.24) is 15.3 Å². The van der Waals surface area contributed by atoms with Crippen LogP contribution < -0.4 is 10.1 Å². The molecule has 6 heteroatoms. The van der Waals surface area contributed by atoms with Crippen molar-refractivity contribution < 1.29 is 9.53 Å². The summed E-state index contributed by atoms with van der Waals surface area (Å²) < 4.78 is 5.70. The fraction of sp³-hybridized carbons (Fsp3) is 0.167. The van der Waals surface area contributed by atoms with E-state index in [-0.39, 0.29) is 5.91 Å². The van der Waals surface area contributed by atoms with E-state index in [2.05, 4.69) is 15.3 Å². The highest BCUT2D eigenvalue weighted by Gasteiger charge is 2.13. The smallest absolute Gasteiger partial charge is 0.263 e. The number of amides is 1. The Kier molecular flexibility index (Phi) is 4.86. The van der Waals surface area contributed by atoms with Crippen LogP contribution in [0, 0.1) is 13.8 Å².